The Hall–Kier alpha value is -2.27. The van der Waals surface area contributed by atoms with Crippen molar-refractivity contribution in [1.82, 2.24) is 4.57 Å². The van der Waals surface area contributed by atoms with Crippen LogP contribution in [0.25, 0.3) is 0 Å². The minimum absolute atomic E-state index is 0.151. The van der Waals surface area contributed by atoms with Gasteiger partial charge >= 0.3 is 0 Å². The van der Waals surface area contributed by atoms with Gasteiger partial charge in [-0.3, -0.25) is 9.59 Å². The lowest BCUT2D eigenvalue weighted by molar-refractivity contribution is 0.102. The molecule has 0 bridgehead atoms. The molecule has 1 atom stereocenters. The maximum atomic E-state index is 12.6. The van der Waals surface area contributed by atoms with Gasteiger partial charge in [-0.25, -0.2) is 0 Å². The molecule has 1 aliphatic rings. The Morgan fingerprint density at radius 1 is 1.28 bits per heavy atom. The van der Waals surface area contributed by atoms with Crippen molar-refractivity contribution in [2.45, 2.75) is 19.8 Å². The number of nitrogens with one attached hydrogen (secondary N) is 1. The van der Waals surface area contributed by atoms with E-state index < -0.39 is 0 Å². The summed E-state index contributed by atoms with van der Waals surface area (Å²) in [7, 11) is 1.62. The number of benzene rings is 1. The third-order valence-electron chi connectivity index (χ3n) is 4.55. The van der Waals surface area contributed by atoms with Crippen LogP contribution in [0.5, 0.6) is 0 Å². The van der Waals surface area contributed by atoms with Crippen LogP contribution < -0.4 is 15.8 Å². The third kappa shape index (κ3) is 4.04. The van der Waals surface area contributed by atoms with E-state index in [9.17, 15) is 9.59 Å². The van der Waals surface area contributed by atoms with Crippen LogP contribution in [0.1, 0.15) is 30.1 Å². The number of aryl methyl sites for hydroxylation is 1. The zero-order valence-electron chi connectivity index (χ0n) is 14.5. The van der Waals surface area contributed by atoms with Gasteiger partial charge < -0.3 is 14.8 Å². The Labute approximate surface area is 152 Å². The molecule has 1 aliphatic heterocycles. The standard InChI is InChI=1S/C19H22ClN3O2/c1-13-4-3-9-23(11-13)17-7-6-15(20)10-16(17)21-19(25)14-5-8-18(24)22(2)12-14/h5-8,10,12-13H,3-4,9,11H2,1-2H3,(H,21,25). The Morgan fingerprint density at radius 2 is 2.08 bits per heavy atom. The number of aromatic nitrogens is 1. The van der Waals surface area contributed by atoms with Crippen LogP contribution in [0.15, 0.2) is 41.3 Å². The summed E-state index contributed by atoms with van der Waals surface area (Å²) in [6.07, 6.45) is 3.90. The molecule has 1 unspecified atom stereocenters. The molecule has 2 heterocycles. The number of amides is 1. The summed E-state index contributed by atoms with van der Waals surface area (Å²) in [6.45, 7) is 4.17. The minimum Gasteiger partial charge on any atom is -0.370 e. The van der Waals surface area contributed by atoms with Crippen LogP contribution >= 0.6 is 11.6 Å². The number of hydrogen-bond donors (Lipinski definition) is 1. The lowest BCUT2D eigenvalue weighted by atomic mass is 9.99. The van der Waals surface area contributed by atoms with E-state index in [-0.39, 0.29) is 11.5 Å². The van der Waals surface area contributed by atoms with Crippen molar-refractivity contribution in [3.63, 3.8) is 0 Å². The highest BCUT2D eigenvalue weighted by molar-refractivity contribution is 6.31. The summed E-state index contributed by atoms with van der Waals surface area (Å²) in [6, 6.07) is 8.50. The molecule has 1 amide bonds. The van der Waals surface area contributed by atoms with Crippen molar-refractivity contribution in [2.24, 2.45) is 13.0 Å². The number of anilines is 2. The minimum atomic E-state index is -0.260. The fourth-order valence-electron chi connectivity index (χ4n) is 3.22. The molecule has 2 aromatic rings. The quantitative estimate of drug-likeness (QED) is 0.912. The van der Waals surface area contributed by atoms with Crippen LogP contribution in [0.4, 0.5) is 11.4 Å². The molecular weight excluding hydrogens is 338 g/mol. The van der Waals surface area contributed by atoms with Crippen LogP contribution in [-0.2, 0) is 7.05 Å². The van der Waals surface area contributed by atoms with E-state index in [2.05, 4.69) is 17.1 Å². The second-order valence-corrected chi connectivity index (χ2v) is 7.11. The van der Waals surface area contributed by atoms with Gasteiger partial charge in [0.05, 0.1) is 16.9 Å². The molecule has 1 N–H and O–H groups in total. The molecule has 0 spiro atoms. The van der Waals surface area contributed by atoms with E-state index >= 15 is 0 Å². The molecule has 3 rings (SSSR count). The van der Waals surface area contributed by atoms with Crippen molar-refractivity contribution in [3.05, 3.63) is 57.5 Å². The van der Waals surface area contributed by atoms with Gasteiger partial charge in [-0.05, 0) is 43.0 Å². The first-order valence-electron chi connectivity index (χ1n) is 8.46. The van der Waals surface area contributed by atoms with E-state index in [1.807, 2.05) is 12.1 Å². The first-order chi connectivity index (χ1) is 11.9. The molecular formula is C19H22ClN3O2. The van der Waals surface area contributed by atoms with Gasteiger partial charge in [0.25, 0.3) is 5.91 Å². The van der Waals surface area contributed by atoms with Gasteiger partial charge in [-0.1, -0.05) is 18.5 Å². The molecule has 0 saturated carbocycles. The molecule has 25 heavy (non-hydrogen) atoms. The van der Waals surface area contributed by atoms with E-state index in [1.54, 1.807) is 13.1 Å². The Kier molecular flexibility index (Phi) is 5.13. The van der Waals surface area contributed by atoms with E-state index in [4.69, 9.17) is 11.6 Å². The van der Waals surface area contributed by atoms with Crippen LogP contribution in [0.3, 0.4) is 0 Å². The monoisotopic (exact) mass is 359 g/mol. The molecule has 6 heteroatoms. The number of carbonyl (C=O) groups is 1. The van der Waals surface area contributed by atoms with Gasteiger partial charge in [-0.15, -0.1) is 0 Å². The Balaban J connectivity index is 1.88. The smallest absolute Gasteiger partial charge is 0.257 e. The van der Waals surface area contributed by atoms with Gasteiger partial charge in [0, 0.05) is 37.4 Å². The van der Waals surface area contributed by atoms with Crippen molar-refractivity contribution in [1.29, 1.82) is 0 Å². The summed E-state index contributed by atoms with van der Waals surface area (Å²) in [5, 5.41) is 3.52. The lowest BCUT2D eigenvalue weighted by Gasteiger charge is -2.34. The van der Waals surface area contributed by atoms with Gasteiger partial charge in [0.15, 0.2) is 0 Å². The summed E-state index contributed by atoms with van der Waals surface area (Å²) >= 11 is 6.14. The number of carbonyl (C=O) groups excluding carboxylic acids is 1. The lowest BCUT2D eigenvalue weighted by Crippen LogP contribution is -2.35. The van der Waals surface area contributed by atoms with E-state index in [0.717, 1.165) is 25.2 Å². The van der Waals surface area contributed by atoms with Gasteiger partial charge in [0.2, 0.25) is 5.56 Å². The van der Waals surface area contributed by atoms with Crippen molar-refractivity contribution in [3.8, 4) is 0 Å². The largest absolute Gasteiger partial charge is 0.370 e. The van der Waals surface area contributed by atoms with Crippen LogP contribution in [0, 0.1) is 5.92 Å². The predicted molar refractivity (Wildman–Crippen MR) is 102 cm³/mol. The number of rotatable bonds is 3. The first-order valence-corrected chi connectivity index (χ1v) is 8.84. The summed E-state index contributed by atoms with van der Waals surface area (Å²) < 4.78 is 1.39. The number of pyridine rings is 1. The van der Waals surface area contributed by atoms with Crippen molar-refractivity contribution < 1.29 is 4.79 Å². The molecule has 1 saturated heterocycles. The van der Waals surface area contributed by atoms with Crippen molar-refractivity contribution >= 4 is 28.9 Å². The Bertz CT molecular complexity index is 847. The molecule has 0 aliphatic carbocycles. The van der Waals surface area contributed by atoms with E-state index in [1.165, 1.54) is 29.3 Å². The maximum Gasteiger partial charge on any atom is 0.257 e. The maximum absolute atomic E-state index is 12.6. The highest BCUT2D eigenvalue weighted by Crippen LogP contribution is 2.32. The third-order valence-corrected chi connectivity index (χ3v) is 4.79. The zero-order valence-corrected chi connectivity index (χ0v) is 15.2. The SMILES string of the molecule is CC1CCCN(c2ccc(Cl)cc2NC(=O)c2ccc(=O)n(C)c2)C1. The van der Waals surface area contributed by atoms with Crippen LogP contribution in [0.2, 0.25) is 5.02 Å². The molecule has 1 fully saturated rings. The number of nitrogens with zero attached hydrogens (tertiary/aromatic N) is 2. The normalized spacial score (nSPS) is 17.4. The summed E-state index contributed by atoms with van der Waals surface area (Å²) in [5.74, 6) is 0.362. The summed E-state index contributed by atoms with van der Waals surface area (Å²) in [5.41, 5.74) is 1.96. The average Bonchev–Trinajstić information content (AvgIpc) is 2.57. The van der Waals surface area contributed by atoms with Crippen molar-refractivity contribution in [2.75, 3.05) is 23.3 Å². The first kappa shape index (κ1) is 17.5. The van der Waals surface area contributed by atoms with Gasteiger partial charge in [0.1, 0.15) is 0 Å². The fourth-order valence-corrected chi connectivity index (χ4v) is 3.39. The second-order valence-electron chi connectivity index (χ2n) is 6.68. The molecule has 132 valence electrons. The zero-order chi connectivity index (χ0) is 18.0. The highest BCUT2D eigenvalue weighted by atomic mass is 35.5. The molecule has 0 radical (unpaired) electrons. The van der Waals surface area contributed by atoms with E-state index in [0.29, 0.717) is 22.2 Å². The summed E-state index contributed by atoms with van der Waals surface area (Å²) in [4.78, 5) is 26.4. The van der Waals surface area contributed by atoms with Crippen LogP contribution in [-0.4, -0.2) is 23.6 Å². The van der Waals surface area contributed by atoms with Gasteiger partial charge in [-0.2, -0.15) is 0 Å². The molecule has 1 aromatic carbocycles. The predicted octanol–water partition coefficient (Wildman–Crippen LogP) is 3.53. The second kappa shape index (κ2) is 7.31. The molecule has 1 aromatic heterocycles. The molecule has 5 nitrogen and oxygen atoms in total. The number of hydrogen-bond acceptors (Lipinski definition) is 3. The topological polar surface area (TPSA) is 54.3 Å². The number of piperidine rings is 1. The fraction of sp³-hybridized carbons (Fsp3) is 0.368. The average molecular weight is 360 g/mol. The Morgan fingerprint density at radius 3 is 2.80 bits per heavy atom. The number of halogens is 1. The highest BCUT2D eigenvalue weighted by Gasteiger charge is 2.20.